The molecule has 3 N–H and O–H groups in total. The van der Waals surface area contributed by atoms with Crippen molar-refractivity contribution in [3.8, 4) is 0 Å². The number of aromatic nitrogens is 3. The minimum Gasteiger partial charge on any atom is -0.368 e. The second-order valence-electron chi connectivity index (χ2n) is 4.55. The smallest absolute Gasteiger partial charge is 0.239 e. The number of hydrogen-bond donors (Lipinski definition) is 2. The molecule has 1 aromatic carbocycles. The summed E-state index contributed by atoms with van der Waals surface area (Å²) in [5.41, 5.74) is 7.56. The monoisotopic (exact) mass is 256 g/mol. The maximum atomic E-state index is 11.8. The molecule has 1 amide bonds. The van der Waals surface area contributed by atoms with Crippen LogP contribution in [0.4, 0.5) is 0 Å². The number of nitrogens with one attached hydrogen (secondary N) is 1. The van der Waals surface area contributed by atoms with E-state index in [-0.39, 0.29) is 5.91 Å². The molecule has 1 unspecified atom stereocenters. The first kappa shape index (κ1) is 11.9. The Bertz CT molecular complexity index is 580. The van der Waals surface area contributed by atoms with Gasteiger partial charge < -0.3 is 5.73 Å². The molecule has 3 rings (SSSR count). The van der Waals surface area contributed by atoms with Crippen molar-refractivity contribution in [1.29, 1.82) is 0 Å². The molecule has 0 spiro atoms. The van der Waals surface area contributed by atoms with E-state index in [9.17, 15) is 4.79 Å². The number of benzene rings is 1. The molecular formula is C13H14N5O. The molecule has 2 aromatic rings. The molecule has 0 fully saturated rings. The molecule has 0 aliphatic carbocycles. The number of nitrogens with zero attached hydrogens (tertiary/aromatic N) is 3. The maximum absolute atomic E-state index is 11.8. The van der Waals surface area contributed by atoms with Gasteiger partial charge in [-0.1, -0.05) is 18.2 Å². The van der Waals surface area contributed by atoms with E-state index in [1.807, 2.05) is 23.1 Å². The molecule has 19 heavy (non-hydrogen) atoms. The van der Waals surface area contributed by atoms with Crippen LogP contribution < -0.4 is 5.73 Å². The van der Waals surface area contributed by atoms with Crippen molar-refractivity contribution in [3.63, 3.8) is 0 Å². The summed E-state index contributed by atoms with van der Waals surface area (Å²) in [6, 6.07) is 8.45. The summed E-state index contributed by atoms with van der Waals surface area (Å²) in [5, 5.41) is 6.69. The Hall–Kier alpha value is -2.21. The summed E-state index contributed by atoms with van der Waals surface area (Å²) >= 11 is 0. The number of H-pyrrole nitrogens is 1. The zero-order chi connectivity index (χ0) is 13.2. The Morgan fingerprint density at radius 2 is 2.53 bits per heavy atom. The van der Waals surface area contributed by atoms with Crippen molar-refractivity contribution < 1.29 is 4.79 Å². The molecule has 6 heteroatoms. The molecular weight excluding hydrogens is 242 g/mol. The van der Waals surface area contributed by atoms with Gasteiger partial charge in [0, 0.05) is 6.54 Å². The first-order chi connectivity index (χ1) is 9.25. The fourth-order valence-corrected chi connectivity index (χ4v) is 2.52. The fourth-order valence-electron chi connectivity index (χ4n) is 2.52. The van der Waals surface area contributed by atoms with Gasteiger partial charge >= 0.3 is 0 Å². The molecule has 97 valence electrons. The lowest BCUT2D eigenvalue weighted by atomic mass is 9.92. The first-order valence-corrected chi connectivity index (χ1v) is 6.13. The van der Waals surface area contributed by atoms with Gasteiger partial charge in [0.1, 0.15) is 12.4 Å². The Morgan fingerprint density at radius 3 is 3.26 bits per heavy atom. The highest BCUT2D eigenvalue weighted by molar-refractivity contribution is 5.82. The first-order valence-electron chi connectivity index (χ1n) is 6.13. The number of nitrogens with two attached hydrogens (primary N) is 1. The molecule has 1 radical (unpaired) electrons. The van der Waals surface area contributed by atoms with Crippen LogP contribution in [0.2, 0.25) is 0 Å². The van der Waals surface area contributed by atoms with Gasteiger partial charge in [-0.15, -0.1) is 0 Å². The topological polar surface area (TPSA) is 87.9 Å². The number of carbonyl (C=O) groups excluding carboxylic acids is 1. The normalized spacial score (nSPS) is 19.1. The Morgan fingerprint density at radius 1 is 1.63 bits per heavy atom. The second kappa shape index (κ2) is 4.81. The third kappa shape index (κ3) is 2.22. The van der Waals surface area contributed by atoms with Crippen LogP contribution >= 0.6 is 0 Å². The van der Waals surface area contributed by atoms with Crippen molar-refractivity contribution in [2.24, 2.45) is 5.73 Å². The Labute approximate surface area is 110 Å². The van der Waals surface area contributed by atoms with Gasteiger partial charge in [0.05, 0.1) is 6.54 Å². The minimum absolute atomic E-state index is 0.362. The minimum atomic E-state index is -0.455. The average Bonchev–Trinajstić information content (AvgIpc) is 2.91. The summed E-state index contributed by atoms with van der Waals surface area (Å²) in [5.74, 6) is 0.296. The van der Waals surface area contributed by atoms with Gasteiger partial charge in [0.15, 0.2) is 5.82 Å². The molecule has 1 aliphatic rings. The standard InChI is InChI=1S/C13H14N5O/c14-13(19)12-10-4-2-1-3-9(10)5-6-18(12)7-11-15-8-16-17-11/h1-3,8,12H,5-7H2,(H2,14,19)(H,15,16,17). The van der Waals surface area contributed by atoms with E-state index >= 15 is 0 Å². The lowest BCUT2D eigenvalue weighted by Crippen LogP contribution is -2.42. The van der Waals surface area contributed by atoms with E-state index in [1.54, 1.807) is 0 Å². The quantitative estimate of drug-likeness (QED) is 0.820. The number of amides is 1. The Balaban J connectivity index is 1.92. The van der Waals surface area contributed by atoms with Crippen LogP contribution in [0.15, 0.2) is 24.5 Å². The number of carbonyl (C=O) groups is 1. The van der Waals surface area contributed by atoms with E-state index < -0.39 is 6.04 Å². The lowest BCUT2D eigenvalue weighted by Gasteiger charge is -2.34. The molecule has 2 heterocycles. The number of hydrogen-bond acceptors (Lipinski definition) is 4. The number of primary amides is 1. The van der Waals surface area contributed by atoms with Crippen LogP contribution in [0, 0.1) is 6.07 Å². The van der Waals surface area contributed by atoms with E-state index in [2.05, 4.69) is 21.2 Å². The van der Waals surface area contributed by atoms with Crippen molar-refractivity contribution >= 4 is 5.91 Å². The summed E-state index contributed by atoms with van der Waals surface area (Å²) in [6.45, 7) is 1.26. The predicted octanol–water partition coefficient (Wildman–Crippen LogP) is 0.190. The highest BCUT2D eigenvalue weighted by Crippen LogP contribution is 2.29. The maximum Gasteiger partial charge on any atom is 0.239 e. The number of rotatable bonds is 3. The van der Waals surface area contributed by atoms with Crippen molar-refractivity contribution in [2.45, 2.75) is 19.0 Å². The number of fused-ring (bicyclic) bond motifs is 1. The van der Waals surface area contributed by atoms with Gasteiger partial charge in [-0.2, -0.15) is 5.10 Å². The van der Waals surface area contributed by atoms with E-state index in [1.165, 1.54) is 6.33 Å². The summed E-state index contributed by atoms with van der Waals surface area (Å²) in [6.07, 6.45) is 2.40. The highest BCUT2D eigenvalue weighted by Gasteiger charge is 2.31. The molecule has 0 saturated heterocycles. The fraction of sp³-hybridized carbons (Fsp3) is 0.308. The van der Waals surface area contributed by atoms with Crippen molar-refractivity contribution in [1.82, 2.24) is 20.1 Å². The predicted molar refractivity (Wildman–Crippen MR) is 67.7 cm³/mol. The van der Waals surface area contributed by atoms with Crippen LogP contribution in [0.3, 0.4) is 0 Å². The number of aromatic amines is 1. The van der Waals surface area contributed by atoms with Gasteiger partial charge in [-0.05, 0) is 23.6 Å². The van der Waals surface area contributed by atoms with Crippen LogP contribution in [-0.4, -0.2) is 32.5 Å². The molecule has 1 aromatic heterocycles. The van der Waals surface area contributed by atoms with Crippen LogP contribution in [0.5, 0.6) is 0 Å². The third-order valence-corrected chi connectivity index (χ3v) is 3.36. The van der Waals surface area contributed by atoms with Gasteiger partial charge in [-0.3, -0.25) is 14.8 Å². The molecule has 0 bridgehead atoms. The molecule has 1 aliphatic heterocycles. The summed E-state index contributed by atoms with van der Waals surface area (Å²) < 4.78 is 0. The van der Waals surface area contributed by atoms with E-state index in [4.69, 9.17) is 5.73 Å². The lowest BCUT2D eigenvalue weighted by molar-refractivity contribution is -0.124. The van der Waals surface area contributed by atoms with Gasteiger partial charge in [0.2, 0.25) is 5.91 Å². The van der Waals surface area contributed by atoms with Crippen LogP contribution in [0.1, 0.15) is 23.0 Å². The van der Waals surface area contributed by atoms with E-state index in [0.717, 1.165) is 24.1 Å². The summed E-state index contributed by atoms with van der Waals surface area (Å²) in [7, 11) is 0. The SMILES string of the molecule is NC(=O)C1c2[c]cccc2CCN1Cc1nc[nH]n1. The largest absolute Gasteiger partial charge is 0.368 e. The molecule has 1 atom stereocenters. The third-order valence-electron chi connectivity index (χ3n) is 3.36. The molecule has 6 nitrogen and oxygen atoms in total. The molecule has 0 saturated carbocycles. The van der Waals surface area contributed by atoms with Crippen molar-refractivity contribution in [3.05, 3.63) is 47.5 Å². The second-order valence-corrected chi connectivity index (χ2v) is 4.55. The van der Waals surface area contributed by atoms with E-state index in [0.29, 0.717) is 12.4 Å². The zero-order valence-electron chi connectivity index (χ0n) is 10.3. The average molecular weight is 256 g/mol. The van der Waals surface area contributed by atoms with Crippen LogP contribution in [0.25, 0.3) is 0 Å². The summed E-state index contributed by atoms with van der Waals surface area (Å²) in [4.78, 5) is 17.8. The van der Waals surface area contributed by atoms with Gasteiger partial charge in [0.25, 0.3) is 0 Å². The van der Waals surface area contributed by atoms with Gasteiger partial charge in [-0.25, -0.2) is 4.98 Å². The Kier molecular flexibility index (Phi) is 3.00. The van der Waals surface area contributed by atoms with Crippen LogP contribution in [-0.2, 0) is 17.8 Å². The highest BCUT2D eigenvalue weighted by atomic mass is 16.1. The zero-order valence-corrected chi connectivity index (χ0v) is 10.3. The van der Waals surface area contributed by atoms with Crippen molar-refractivity contribution in [2.75, 3.05) is 6.54 Å².